The predicted octanol–water partition coefficient (Wildman–Crippen LogP) is 3.89. The first-order valence-electron chi connectivity index (χ1n) is 10.5. The molecule has 2 aromatic carbocycles. The topological polar surface area (TPSA) is 52.6 Å². The van der Waals surface area contributed by atoms with Crippen LogP contribution in [0.1, 0.15) is 42.7 Å². The normalized spacial score (nSPS) is 28.3. The maximum Gasteiger partial charge on any atom is 0.306 e. The van der Waals surface area contributed by atoms with Gasteiger partial charge in [-0.2, -0.15) is 0 Å². The first-order chi connectivity index (χ1) is 13.7. The zero-order valence-corrected chi connectivity index (χ0v) is 16.3. The maximum absolute atomic E-state index is 11.2. The van der Waals surface area contributed by atoms with Gasteiger partial charge in [0.25, 0.3) is 0 Å². The van der Waals surface area contributed by atoms with Crippen LogP contribution in [-0.4, -0.2) is 41.1 Å². The number of likely N-dealkylation sites (tertiary alicyclic amines) is 1. The van der Waals surface area contributed by atoms with Gasteiger partial charge in [0.1, 0.15) is 0 Å². The van der Waals surface area contributed by atoms with Crippen LogP contribution in [0, 0.1) is 5.92 Å². The van der Waals surface area contributed by atoms with E-state index >= 15 is 0 Å². The molecule has 2 aliphatic rings. The first kappa shape index (κ1) is 19.2. The summed E-state index contributed by atoms with van der Waals surface area (Å²) in [6, 6.07) is 22.4. The molecule has 2 N–H and O–H groups in total. The average molecular weight is 379 g/mol. The van der Waals surface area contributed by atoms with Crippen molar-refractivity contribution in [3.8, 4) is 0 Å². The second kappa shape index (κ2) is 8.89. The molecule has 0 bridgehead atoms. The summed E-state index contributed by atoms with van der Waals surface area (Å²) >= 11 is 0. The van der Waals surface area contributed by atoms with Crippen LogP contribution >= 0.6 is 0 Å². The van der Waals surface area contributed by atoms with Crippen molar-refractivity contribution in [2.24, 2.45) is 5.92 Å². The molecule has 2 aromatic rings. The number of carbonyl (C=O) groups is 1. The van der Waals surface area contributed by atoms with Crippen LogP contribution in [0.15, 0.2) is 60.7 Å². The number of nitrogens with one attached hydrogen (secondary N) is 1. The predicted molar refractivity (Wildman–Crippen MR) is 111 cm³/mol. The van der Waals surface area contributed by atoms with Crippen LogP contribution in [0.2, 0.25) is 0 Å². The number of rotatable bonds is 6. The summed E-state index contributed by atoms with van der Waals surface area (Å²) in [6.45, 7) is 3.07. The summed E-state index contributed by atoms with van der Waals surface area (Å²) in [5.74, 6) is -0.307. The van der Waals surface area contributed by atoms with Gasteiger partial charge >= 0.3 is 5.97 Å². The van der Waals surface area contributed by atoms with Crippen LogP contribution in [-0.2, 0) is 11.3 Å². The summed E-state index contributed by atoms with van der Waals surface area (Å²) in [5, 5.41) is 13.2. The lowest BCUT2D eigenvalue weighted by molar-refractivity contribution is -0.142. The van der Waals surface area contributed by atoms with Gasteiger partial charge in [0.05, 0.1) is 5.92 Å². The Morgan fingerprint density at radius 2 is 1.57 bits per heavy atom. The minimum atomic E-state index is -0.629. The second-order valence-corrected chi connectivity index (χ2v) is 8.36. The van der Waals surface area contributed by atoms with Crippen molar-refractivity contribution in [2.75, 3.05) is 13.1 Å². The molecule has 1 aliphatic heterocycles. The lowest BCUT2D eigenvalue weighted by Gasteiger charge is -2.31. The summed E-state index contributed by atoms with van der Waals surface area (Å²) in [6.07, 6.45) is 3.52. The maximum atomic E-state index is 11.2. The lowest BCUT2D eigenvalue weighted by atomic mass is 9.85. The second-order valence-electron chi connectivity index (χ2n) is 8.36. The number of benzene rings is 2. The highest BCUT2D eigenvalue weighted by molar-refractivity contribution is 5.70. The van der Waals surface area contributed by atoms with Gasteiger partial charge in [-0.3, -0.25) is 9.69 Å². The molecule has 0 amide bonds. The zero-order valence-electron chi connectivity index (χ0n) is 16.3. The van der Waals surface area contributed by atoms with Crippen molar-refractivity contribution in [3.05, 3.63) is 71.8 Å². The van der Waals surface area contributed by atoms with Crippen LogP contribution in [0.5, 0.6) is 0 Å². The van der Waals surface area contributed by atoms with E-state index in [0.717, 1.165) is 45.3 Å². The Labute approximate surface area is 167 Å². The van der Waals surface area contributed by atoms with E-state index in [2.05, 4.69) is 70.9 Å². The van der Waals surface area contributed by atoms with Crippen LogP contribution in [0.25, 0.3) is 0 Å². The van der Waals surface area contributed by atoms with Crippen molar-refractivity contribution in [1.29, 1.82) is 0 Å². The molecule has 0 unspecified atom stereocenters. The van der Waals surface area contributed by atoms with Crippen molar-refractivity contribution in [2.45, 2.75) is 50.2 Å². The van der Waals surface area contributed by atoms with E-state index in [9.17, 15) is 9.90 Å². The van der Waals surface area contributed by atoms with E-state index in [4.69, 9.17) is 0 Å². The molecule has 4 heteroatoms. The molecule has 2 atom stereocenters. The number of hydrogen-bond donors (Lipinski definition) is 2. The summed E-state index contributed by atoms with van der Waals surface area (Å²) < 4.78 is 0. The van der Waals surface area contributed by atoms with Gasteiger partial charge in [0.2, 0.25) is 0 Å². The van der Waals surface area contributed by atoms with E-state index in [0.29, 0.717) is 18.0 Å². The Morgan fingerprint density at radius 3 is 2.21 bits per heavy atom. The van der Waals surface area contributed by atoms with E-state index in [-0.39, 0.29) is 5.92 Å². The van der Waals surface area contributed by atoms with Gasteiger partial charge in [0.15, 0.2) is 0 Å². The third-order valence-corrected chi connectivity index (χ3v) is 6.40. The molecule has 4 nitrogen and oxygen atoms in total. The fourth-order valence-electron chi connectivity index (χ4n) is 4.87. The van der Waals surface area contributed by atoms with Gasteiger partial charge in [0, 0.05) is 37.6 Å². The molecule has 1 saturated carbocycles. The highest BCUT2D eigenvalue weighted by Gasteiger charge is 2.36. The van der Waals surface area contributed by atoms with Gasteiger partial charge in [-0.1, -0.05) is 60.7 Å². The van der Waals surface area contributed by atoms with E-state index in [1.807, 2.05) is 0 Å². The monoisotopic (exact) mass is 378 g/mol. The van der Waals surface area contributed by atoms with Crippen molar-refractivity contribution in [3.63, 3.8) is 0 Å². The quantitative estimate of drug-likeness (QED) is 0.801. The van der Waals surface area contributed by atoms with E-state index in [1.165, 1.54) is 11.1 Å². The molecule has 1 aliphatic carbocycles. The molecule has 0 radical (unpaired) electrons. The smallest absolute Gasteiger partial charge is 0.306 e. The van der Waals surface area contributed by atoms with E-state index in [1.54, 1.807) is 0 Å². The number of carboxylic acids is 1. The highest BCUT2D eigenvalue weighted by atomic mass is 16.4. The Kier molecular flexibility index (Phi) is 6.08. The molecule has 1 saturated heterocycles. The average Bonchev–Trinajstić information content (AvgIpc) is 3.12. The third-order valence-electron chi connectivity index (χ3n) is 6.40. The number of carboxylic acid groups (broad SMARTS) is 1. The molecule has 0 aromatic heterocycles. The Bertz CT molecular complexity index is 757. The summed E-state index contributed by atoms with van der Waals surface area (Å²) in [5.41, 5.74) is 2.76. The molecule has 28 heavy (non-hydrogen) atoms. The van der Waals surface area contributed by atoms with Gasteiger partial charge in [-0.25, -0.2) is 0 Å². The Morgan fingerprint density at radius 1 is 0.929 bits per heavy atom. The summed E-state index contributed by atoms with van der Waals surface area (Å²) in [7, 11) is 0. The number of nitrogens with zero attached hydrogens (tertiary/aromatic N) is 1. The fourth-order valence-corrected chi connectivity index (χ4v) is 4.87. The molecular formula is C24H30N2O2. The molecule has 4 rings (SSSR count). The molecule has 0 spiro atoms. The lowest BCUT2D eigenvalue weighted by Crippen LogP contribution is -2.44. The minimum absolute atomic E-state index is 0.152. The first-order valence-corrected chi connectivity index (χ1v) is 10.5. The van der Waals surface area contributed by atoms with Gasteiger partial charge < -0.3 is 10.4 Å². The molecule has 148 valence electrons. The summed E-state index contributed by atoms with van der Waals surface area (Å²) in [4.78, 5) is 13.8. The SMILES string of the molecule is O=C(O)C1CCC(N[C@@H]2CN(Cc3ccccc3)C[C@H]2c2ccccc2)CC1. The van der Waals surface area contributed by atoms with Crippen molar-refractivity contribution < 1.29 is 9.90 Å². The van der Waals surface area contributed by atoms with Crippen LogP contribution < -0.4 is 5.32 Å². The third kappa shape index (κ3) is 4.62. The largest absolute Gasteiger partial charge is 0.481 e. The van der Waals surface area contributed by atoms with Crippen LogP contribution in [0.4, 0.5) is 0 Å². The minimum Gasteiger partial charge on any atom is -0.481 e. The van der Waals surface area contributed by atoms with Crippen molar-refractivity contribution >= 4 is 5.97 Å². The Balaban J connectivity index is 1.43. The zero-order chi connectivity index (χ0) is 19.3. The standard InChI is InChI=1S/C24H30N2O2/c27-24(28)20-11-13-21(14-12-20)25-23-17-26(15-18-7-3-1-4-8-18)16-22(23)19-9-5-2-6-10-19/h1-10,20-23,25H,11-17H2,(H,27,28)/t20?,21?,22-,23+/m0/s1. The van der Waals surface area contributed by atoms with E-state index < -0.39 is 5.97 Å². The van der Waals surface area contributed by atoms with Gasteiger partial charge in [-0.05, 0) is 36.8 Å². The number of aliphatic carboxylic acids is 1. The highest BCUT2D eigenvalue weighted by Crippen LogP contribution is 2.31. The Hall–Kier alpha value is -2.17. The fraction of sp³-hybridized carbons (Fsp3) is 0.458. The van der Waals surface area contributed by atoms with Crippen LogP contribution in [0.3, 0.4) is 0 Å². The molecule has 2 fully saturated rings. The number of hydrogen-bond acceptors (Lipinski definition) is 3. The van der Waals surface area contributed by atoms with Gasteiger partial charge in [-0.15, -0.1) is 0 Å². The van der Waals surface area contributed by atoms with Crippen molar-refractivity contribution in [1.82, 2.24) is 10.2 Å². The molecular weight excluding hydrogens is 348 g/mol. The molecule has 1 heterocycles.